The average Bonchev–Trinajstić information content (AvgIpc) is 2.33. The zero-order valence-corrected chi connectivity index (χ0v) is 7.81. The SMILES string of the molecule is C=C(C)C1CCC(C)(CC)O1. The first-order chi connectivity index (χ1) is 5.07. The maximum Gasteiger partial charge on any atom is 0.0788 e. The molecule has 0 saturated carbocycles. The lowest BCUT2D eigenvalue weighted by Crippen LogP contribution is -2.23. The summed E-state index contributed by atoms with van der Waals surface area (Å²) < 4.78 is 5.86. The van der Waals surface area contributed by atoms with Crippen LogP contribution in [0, 0.1) is 0 Å². The van der Waals surface area contributed by atoms with Gasteiger partial charge in [0.15, 0.2) is 0 Å². The van der Waals surface area contributed by atoms with E-state index >= 15 is 0 Å². The molecule has 0 aromatic heterocycles. The lowest BCUT2D eigenvalue weighted by molar-refractivity contribution is -0.0158. The van der Waals surface area contributed by atoms with Gasteiger partial charge in [0.1, 0.15) is 0 Å². The standard InChI is InChI=1S/C10H18O/c1-5-10(4)7-6-9(11-10)8(2)3/h9H,2,5-7H2,1,3-4H3. The van der Waals surface area contributed by atoms with E-state index in [-0.39, 0.29) is 5.60 Å². The minimum atomic E-state index is 0.129. The Morgan fingerprint density at radius 3 is 2.64 bits per heavy atom. The smallest absolute Gasteiger partial charge is 0.0788 e. The van der Waals surface area contributed by atoms with Crippen molar-refractivity contribution >= 4 is 0 Å². The number of hydrogen-bond donors (Lipinski definition) is 0. The fourth-order valence-corrected chi connectivity index (χ4v) is 1.50. The molecular weight excluding hydrogens is 136 g/mol. The molecule has 0 aromatic rings. The van der Waals surface area contributed by atoms with E-state index < -0.39 is 0 Å². The highest BCUT2D eigenvalue weighted by atomic mass is 16.5. The van der Waals surface area contributed by atoms with Crippen LogP contribution >= 0.6 is 0 Å². The molecule has 0 N–H and O–H groups in total. The molecule has 0 radical (unpaired) electrons. The predicted octanol–water partition coefficient (Wildman–Crippen LogP) is 2.91. The van der Waals surface area contributed by atoms with Gasteiger partial charge in [0, 0.05) is 0 Å². The summed E-state index contributed by atoms with van der Waals surface area (Å²) in [5.74, 6) is 0. The zero-order chi connectivity index (χ0) is 8.48. The van der Waals surface area contributed by atoms with Crippen LogP contribution in [0.1, 0.15) is 40.0 Å². The molecular formula is C10H18O. The molecule has 1 nitrogen and oxygen atoms in total. The number of rotatable bonds is 2. The van der Waals surface area contributed by atoms with E-state index in [1.54, 1.807) is 0 Å². The number of ether oxygens (including phenoxy) is 1. The molecule has 1 aliphatic heterocycles. The summed E-state index contributed by atoms with van der Waals surface area (Å²) in [7, 11) is 0. The Labute approximate surface area is 69.4 Å². The monoisotopic (exact) mass is 154 g/mol. The van der Waals surface area contributed by atoms with Gasteiger partial charge in [-0.25, -0.2) is 0 Å². The number of hydrogen-bond acceptors (Lipinski definition) is 1. The second kappa shape index (κ2) is 2.98. The Morgan fingerprint density at radius 2 is 2.36 bits per heavy atom. The van der Waals surface area contributed by atoms with Crippen molar-refractivity contribution in [2.24, 2.45) is 0 Å². The van der Waals surface area contributed by atoms with E-state index in [4.69, 9.17) is 4.74 Å². The van der Waals surface area contributed by atoms with Crippen LogP contribution in [0.15, 0.2) is 12.2 Å². The summed E-state index contributed by atoms with van der Waals surface area (Å²) in [5, 5.41) is 0. The van der Waals surface area contributed by atoms with Crippen LogP contribution in [0.3, 0.4) is 0 Å². The van der Waals surface area contributed by atoms with E-state index in [0.717, 1.165) is 12.8 Å². The van der Waals surface area contributed by atoms with Crippen LogP contribution in [0.25, 0.3) is 0 Å². The molecule has 0 aliphatic carbocycles. The molecule has 1 fully saturated rings. The van der Waals surface area contributed by atoms with Crippen molar-refractivity contribution in [2.75, 3.05) is 0 Å². The summed E-state index contributed by atoms with van der Waals surface area (Å²) in [4.78, 5) is 0. The maximum absolute atomic E-state index is 5.86. The molecule has 1 heterocycles. The Hall–Kier alpha value is -0.300. The first kappa shape index (κ1) is 8.79. The Bertz CT molecular complexity index is 162. The van der Waals surface area contributed by atoms with Gasteiger partial charge in [-0.2, -0.15) is 0 Å². The quantitative estimate of drug-likeness (QED) is 0.556. The Morgan fingerprint density at radius 1 is 1.73 bits per heavy atom. The third-order valence-corrected chi connectivity index (χ3v) is 2.66. The second-order valence-electron chi connectivity index (χ2n) is 3.79. The van der Waals surface area contributed by atoms with Gasteiger partial charge in [-0.05, 0) is 33.1 Å². The molecule has 64 valence electrons. The lowest BCUT2D eigenvalue weighted by Gasteiger charge is -2.22. The predicted molar refractivity (Wildman–Crippen MR) is 47.6 cm³/mol. The first-order valence-corrected chi connectivity index (χ1v) is 4.40. The third-order valence-electron chi connectivity index (χ3n) is 2.66. The zero-order valence-electron chi connectivity index (χ0n) is 7.81. The molecule has 1 rings (SSSR count). The largest absolute Gasteiger partial charge is 0.368 e. The highest BCUT2D eigenvalue weighted by molar-refractivity contribution is 5.03. The average molecular weight is 154 g/mol. The first-order valence-electron chi connectivity index (χ1n) is 4.40. The molecule has 0 amide bonds. The van der Waals surface area contributed by atoms with Gasteiger partial charge in [0.05, 0.1) is 11.7 Å². The van der Waals surface area contributed by atoms with Crippen LogP contribution in [0.5, 0.6) is 0 Å². The summed E-state index contributed by atoms with van der Waals surface area (Å²) in [5.41, 5.74) is 1.30. The summed E-state index contributed by atoms with van der Waals surface area (Å²) in [6, 6.07) is 0. The maximum atomic E-state index is 5.86. The van der Waals surface area contributed by atoms with Crippen LogP contribution in [0.2, 0.25) is 0 Å². The molecule has 1 saturated heterocycles. The van der Waals surface area contributed by atoms with Gasteiger partial charge in [-0.3, -0.25) is 0 Å². The van der Waals surface area contributed by atoms with Crippen molar-refractivity contribution in [3.05, 3.63) is 12.2 Å². The van der Waals surface area contributed by atoms with Crippen molar-refractivity contribution in [1.29, 1.82) is 0 Å². The Kier molecular flexibility index (Phi) is 2.38. The van der Waals surface area contributed by atoms with Gasteiger partial charge in [0.2, 0.25) is 0 Å². The van der Waals surface area contributed by atoms with E-state index in [2.05, 4.69) is 20.4 Å². The van der Waals surface area contributed by atoms with Crippen LogP contribution in [0.4, 0.5) is 0 Å². The lowest BCUT2D eigenvalue weighted by atomic mass is 9.99. The minimum absolute atomic E-state index is 0.129. The summed E-state index contributed by atoms with van der Waals surface area (Å²) in [6.07, 6.45) is 3.76. The highest BCUT2D eigenvalue weighted by Gasteiger charge is 2.34. The van der Waals surface area contributed by atoms with Gasteiger partial charge >= 0.3 is 0 Å². The molecule has 2 unspecified atom stereocenters. The summed E-state index contributed by atoms with van der Waals surface area (Å²) >= 11 is 0. The molecule has 2 atom stereocenters. The van der Waals surface area contributed by atoms with E-state index in [1.165, 1.54) is 12.0 Å². The van der Waals surface area contributed by atoms with Crippen LogP contribution in [-0.2, 0) is 4.74 Å². The molecule has 1 aliphatic rings. The van der Waals surface area contributed by atoms with Crippen LogP contribution < -0.4 is 0 Å². The van der Waals surface area contributed by atoms with E-state index in [9.17, 15) is 0 Å². The van der Waals surface area contributed by atoms with Gasteiger partial charge in [-0.15, -0.1) is 0 Å². The van der Waals surface area contributed by atoms with Gasteiger partial charge < -0.3 is 4.74 Å². The van der Waals surface area contributed by atoms with Crippen molar-refractivity contribution in [3.63, 3.8) is 0 Å². The molecule has 1 heteroatoms. The fraction of sp³-hybridized carbons (Fsp3) is 0.800. The van der Waals surface area contributed by atoms with Crippen molar-refractivity contribution < 1.29 is 4.74 Å². The molecule has 11 heavy (non-hydrogen) atoms. The van der Waals surface area contributed by atoms with E-state index in [1.807, 2.05) is 6.92 Å². The molecule has 0 aromatic carbocycles. The normalized spacial score (nSPS) is 37.5. The highest BCUT2D eigenvalue weighted by Crippen LogP contribution is 2.34. The second-order valence-corrected chi connectivity index (χ2v) is 3.79. The third kappa shape index (κ3) is 1.84. The van der Waals surface area contributed by atoms with Crippen LogP contribution in [-0.4, -0.2) is 11.7 Å². The Balaban J connectivity index is 2.53. The molecule has 0 bridgehead atoms. The fourth-order valence-electron chi connectivity index (χ4n) is 1.50. The summed E-state index contributed by atoms with van der Waals surface area (Å²) in [6.45, 7) is 10.3. The van der Waals surface area contributed by atoms with Crippen molar-refractivity contribution in [2.45, 2.75) is 51.7 Å². The van der Waals surface area contributed by atoms with Gasteiger partial charge in [0.25, 0.3) is 0 Å². The van der Waals surface area contributed by atoms with Gasteiger partial charge in [-0.1, -0.05) is 19.1 Å². The van der Waals surface area contributed by atoms with Crippen molar-refractivity contribution in [1.82, 2.24) is 0 Å². The minimum Gasteiger partial charge on any atom is -0.368 e. The topological polar surface area (TPSA) is 9.23 Å². The van der Waals surface area contributed by atoms with Crippen molar-refractivity contribution in [3.8, 4) is 0 Å². The van der Waals surface area contributed by atoms with E-state index in [0.29, 0.717) is 6.10 Å². The molecule has 0 spiro atoms.